The Morgan fingerprint density at radius 1 is 1.20 bits per heavy atom. The molecule has 1 nitrogen and oxygen atoms in total. The van der Waals surface area contributed by atoms with Gasteiger partial charge in [0, 0.05) is 6.04 Å². The van der Waals surface area contributed by atoms with Gasteiger partial charge in [-0.1, -0.05) is 32.0 Å². The van der Waals surface area contributed by atoms with Crippen molar-refractivity contribution in [2.45, 2.75) is 46.6 Å². The van der Waals surface area contributed by atoms with E-state index in [1.165, 1.54) is 16.7 Å². The van der Waals surface area contributed by atoms with Crippen LogP contribution in [0.5, 0.6) is 0 Å². The Bertz CT molecular complexity index is 317. The fourth-order valence-electron chi connectivity index (χ4n) is 1.86. The van der Waals surface area contributed by atoms with E-state index >= 15 is 0 Å². The summed E-state index contributed by atoms with van der Waals surface area (Å²) >= 11 is 0. The lowest BCUT2D eigenvalue weighted by Crippen LogP contribution is -2.28. The zero-order valence-electron chi connectivity index (χ0n) is 10.4. The fourth-order valence-corrected chi connectivity index (χ4v) is 1.86. The van der Waals surface area contributed by atoms with Gasteiger partial charge in [0.25, 0.3) is 0 Å². The van der Waals surface area contributed by atoms with Crippen molar-refractivity contribution in [3.63, 3.8) is 0 Å². The minimum absolute atomic E-state index is 0.326. The molecule has 0 heterocycles. The van der Waals surface area contributed by atoms with Crippen molar-refractivity contribution in [3.05, 3.63) is 34.9 Å². The van der Waals surface area contributed by atoms with Crippen molar-refractivity contribution in [2.75, 3.05) is 0 Å². The zero-order chi connectivity index (χ0) is 11.4. The number of rotatable bonds is 4. The van der Waals surface area contributed by atoms with E-state index in [-0.39, 0.29) is 0 Å². The lowest BCUT2D eigenvalue weighted by Gasteiger charge is -2.18. The highest BCUT2D eigenvalue weighted by Gasteiger charge is 2.11. The topological polar surface area (TPSA) is 26.0 Å². The van der Waals surface area contributed by atoms with Gasteiger partial charge in [0.2, 0.25) is 0 Å². The standard InChI is InChI=1S/C14H23N/c1-5-14(15)12(4)9-13-7-6-10(2)11(3)8-13/h6-8,12,14H,5,9,15H2,1-4H3. The van der Waals surface area contributed by atoms with Crippen LogP contribution in [0.25, 0.3) is 0 Å². The Morgan fingerprint density at radius 3 is 2.40 bits per heavy atom. The molecule has 1 aromatic carbocycles. The molecule has 0 saturated heterocycles. The Kier molecular flexibility index (Phi) is 4.34. The van der Waals surface area contributed by atoms with Crippen molar-refractivity contribution in [1.29, 1.82) is 0 Å². The van der Waals surface area contributed by atoms with Gasteiger partial charge in [0.1, 0.15) is 0 Å². The second-order valence-electron chi connectivity index (χ2n) is 4.67. The van der Waals surface area contributed by atoms with Gasteiger partial charge in [-0.15, -0.1) is 0 Å². The maximum atomic E-state index is 6.03. The molecule has 1 rings (SSSR count). The summed E-state index contributed by atoms with van der Waals surface area (Å²) in [6, 6.07) is 7.04. The summed E-state index contributed by atoms with van der Waals surface area (Å²) in [4.78, 5) is 0. The van der Waals surface area contributed by atoms with Crippen LogP contribution in [0.2, 0.25) is 0 Å². The molecule has 84 valence electrons. The van der Waals surface area contributed by atoms with Crippen LogP contribution in [0, 0.1) is 19.8 Å². The van der Waals surface area contributed by atoms with Gasteiger partial charge in [-0.25, -0.2) is 0 Å². The van der Waals surface area contributed by atoms with E-state index in [4.69, 9.17) is 5.73 Å². The second-order valence-corrected chi connectivity index (χ2v) is 4.67. The number of nitrogens with two attached hydrogens (primary N) is 1. The first-order chi connectivity index (χ1) is 7.04. The third-order valence-electron chi connectivity index (χ3n) is 3.33. The molecule has 0 amide bonds. The molecule has 0 spiro atoms. The largest absolute Gasteiger partial charge is 0.327 e. The SMILES string of the molecule is CCC(N)C(C)Cc1ccc(C)c(C)c1. The number of hydrogen-bond donors (Lipinski definition) is 1. The van der Waals surface area contributed by atoms with Crippen LogP contribution in [-0.2, 0) is 6.42 Å². The lowest BCUT2D eigenvalue weighted by atomic mass is 9.92. The smallest absolute Gasteiger partial charge is 0.00650 e. The van der Waals surface area contributed by atoms with Gasteiger partial charge >= 0.3 is 0 Å². The quantitative estimate of drug-likeness (QED) is 0.802. The van der Waals surface area contributed by atoms with Crippen LogP contribution in [0.15, 0.2) is 18.2 Å². The van der Waals surface area contributed by atoms with Gasteiger partial charge in [-0.05, 0) is 49.3 Å². The van der Waals surface area contributed by atoms with Gasteiger partial charge in [-0.2, -0.15) is 0 Å². The highest BCUT2D eigenvalue weighted by molar-refractivity contribution is 5.30. The summed E-state index contributed by atoms with van der Waals surface area (Å²) in [6.07, 6.45) is 2.15. The molecule has 0 aliphatic carbocycles. The molecule has 0 bridgehead atoms. The van der Waals surface area contributed by atoms with Gasteiger partial charge in [0.05, 0.1) is 0 Å². The molecular weight excluding hydrogens is 182 g/mol. The highest BCUT2D eigenvalue weighted by atomic mass is 14.6. The Labute approximate surface area is 93.7 Å². The van der Waals surface area contributed by atoms with Crippen LogP contribution in [0.1, 0.15) is 37.0 Å². The van der Waals surface area contributed by atoms with E-state index in [9.17, 15) is 0 Å². The Hall–Kier alpha value is -0.820. The molecule has 2 N–H and O–H groups in total. The summed E-state index contributed by atoms with van der Waals surface area (Å²) in [6.45, 7) is 8.72. The molecule has 1 aromatic rings. The van der Waals surface area contributed by atoms with Crippen molar-refractivity contribution in [1.82, 2.24) is 0 Å². The van der Waals surface area contributed by atoms with Gasteiger partial charge in [-0.3, -0.25) is 0 Å². The van der Waals surface area contributed by atoms with Crippen LogP contribution in [0.3, 0.4) is 0 Å². The summed E-state index contributed by atoms with van der Waals surface area (Å²) in [5.41, 5.74) is 10.2. The van der Waals surface area contributed by atoms with Crippen LogP contribution in [0.4, 0.5) is 0 Å². The maximum Gasteiger partial charge on any atom is 0.00650 e. The average Bonchev–Trinajstić information content (AvgIpc) is 2.22. The Morgan fingerprint density at radius 2 is 1.87 bits per heavy atom. The molecule has 2 unspecified atom stereocenters. The van der Waals surface area contributed by atoms with Crippen molar-refractivity contribution in [2.24, 2.45) is 11.7 Å². The van der Waals surface area contributed by atoms with Crippen LogP contribution < -0.4 is 5.73 Å². The molecule has 0 aromatic heterocycles. The zero-order valence-corrected chi connectivity index (χ0v) is 10.4. The molecule has 0 aliphatic rings. The molecule has 2 atom stereocenters. The van der Waals surface area contributed by atoms with E-state index in [1.807, 2.05) is 0 Å². The van der Waals surface area contributed by atoms with E-state index in [1.54, 1.807) is 0 Å². The van der Waals surface area contributed by atoms with E-state index in [0.717, 1.165) is 12.8 Å². The first-order valence-corrected chi connectivity index (χ1v) is 5.86. The molecule has 0 fully saturated rings. The van der Waals surface area contributed by atoms with E-state index in [2.05, 4.69) is 45.9 Å². The normalized spacial score (nSPS) is 15.0. The number of hydrogen-bond acceptors (Lipinski definition) is 1. The molecule has 0 saturated carbocycles. The van der Waals surface area contributed by atoms with Crippen molar-refractivity contribution >= 4 is 0 Å². The highest BCUT2D eigenvalue weighted by Crippen LogP contribution is 2.16. The molecule has 15 heavy (non-hydrogen) atoms. The van der Waals surface area contributed by atoms with Gasteiger partial charge in [0.15, 0.2) is 0 Å². The van der Waals surface area contributed by atoms with Crippen LogP contribution in [-0.4, -0.2) is 6.04 Å². The molecule has 0 radical (unpaired) electrons. The summed E-state index contributed by atoms with van der Waals surface area (Å²) < 4.78 is 0. The summed E-state index contributed by atoms with van der Waals surface area (Å²) in [5.74, 6) is 0.567. The average molecular weight is 205 g/mol. The van der Waals surface area contributed by atoms with E-state index < -0.39 is 0 Å². The first kappa shape index (κ1) is 12.3. The predicted octanol–water partition coefficient (Wildman–Crippen LogP) is 3.22. The minimum Gasteiger partial charge on any atom is -0.327 e. The lowest BCUT2D eigenvalue weighted by molar-refractivity contribution is 0.442. The third kappa shape index (κ3) is 3.35. The number of aryl methyl sites for hydroxylation is 2. The van der Waals surface area contributed by atoms with Crippen molar-refractivity contribution < 1.29 is 0 Å². The first-order valence-electron chi connectivity index (χ1n) is 5.86. The summed E-state index contributed by atoms with van der Waals surface area (Å²) in [5, 5.41) is 0. The van der Waals surface area contributed by atoms with Gasteiger partial charge < -0.3 is 5.73 Å². The minimum atomic E-state index is 0.326. The molecular formula is C14H23N. The van der Waals surface area contributed by atoms with Crippen molar-refractivity contribution in [3.8, 4) is 0 Å². The fraction of sp³-hybridized carbons (Fsp3) is 0.571. The molecule has 1 heteroatoms. The number of benzene rings is 1. The monoisotopic (exact) mass is 205 g/mol. The van der Waals surface area contributed by atoms with Crippen LogP contribution >= 0.6 is 0 Å². The third-order valence-corrected chi connectivity index (χ3v) is 3.33. The Balaban J connectivity index is 2.68. The predicted molar refractivity (Wildman–Crippen MR) is 67.1 cm³/mol. The van der Waals surface area contributed by atoms with E-state index in [0.29, 0.717) is 12.0 Å². The summed E-state index contributed by atoms with van der Waals surface area (Å²) in [7, 11) is 0. The second kappa shape index (κ2) is 5.32. The maximum absolute atomic E-state index is 6.03. The molecule has 0 aliphatic heterocycles.